The van der Waals surface area contributed by atoms with Crippen LogP contribution >= 0.6 is 0 Å². The van der Waals surface area contributed by atoms with Gasteiger partial charge in [0.1, 0.15) is 18.2 Å². The number of ketones is 1. The van der Waals surface area contributed by atoms with E-state index in [2.05, 4.69) is 26.1 Å². The first-order valence-electron chi connectivity index (χ1n) is 12.6. The predicted molar refractivity (Wildman–Crippen MR) is 137 cm³/mol. The Morgan fingerprint density at radius 1 is 1.11 bits per heavy atom. The minimum atomic E-state index is -0.304. The van der Waals surface area contributed by atoms with Gasteiger partial charge in [-0.05, 0) is 61.9 Å². The molecule has 1 saturated carbocycles. The molecule has 2 aliphatic heterocycles. The molecule has 35 heavy (non-hydrogen) atoms. The second-order valence-corrected chi connectivity index (χ2v) is 10.5. The summed E-state index contributed by atoms with van der Waals surface area (Å²) in [6, 6.07) is 7.81. The molecular weight excluding hydrogens is 442 g/mol. The largest absolute Gasteiger partial charge is 0.490 e. The number of fused-ring (bicyclic) bond motifs is 3. The Labute approximate surface area is 207 Å². The van der Waals surface area contributed by atoms with Gasteiger partial charge in [-0.15, -0.1) is 0 Å². The third kappa shape index (κ3) is 3.91. The number of hydrogen-bond acceptors (Lipinski definition) is 6. The predicted octanol–water partition coefficient (Wildman–Crippen LogP) is 5.10. The standard InChI is InChI=1S/C28H35N3O4/c1-6-33-23-14-18-19(15-24(23)34-7-2)28(8-9-28)31(26(18)29)16-22(32)17-12-20(27(3,4)5)25-21(13-17)30-10-11-35-25/h12-15,29-30H,6-11,16H2,1-5H3. The minimum Gasteiger partial charge on any atom is -0.490 e. The van der Waals surface area contributed by atoms with E-state index in [0.29, 0.717) is 49.3 Å². The topological polar surface area (TPSA) is 83.9 Å². The number of anilines is 1. The number of nitrogens with zero attached hydrogens (tertiary/aromatic N) is 1. The fourth-order valence-corrected chi connectivity index (χ4v) is 5.28. The molecule has 3 aliphatic rings. The van der Waals surface area contributed by atoms with Gasteiger partial charge in [-0.3, -0.25) is 10.2 Å². The van der Waals surface area contributed by atoms with Crippen LogP contribution in [0.15, 0.2) is 24.3 Å². The van der Waals surface area contributed by atoms with Gasteiger partial charge in [0, 0.05) is 23.2 Å². The van der Waals surface area contributed by atoms with Crippen molar-refractivity contribution in [2.24, 2.45) is 0 Å². The van der Waals surface area contributed by atoms with Crippen molar-refractivity contribution in [3.05, 3.63) is 46.5 Å². The van der Waals surface area contributed by atoms with E-state index in [-0.39, 0.29) is 23.3 Å². The van der Waals surface area contributed by atoms with Crippen LogP contribution in [0.3, 0.4) is 0 Å². The van der Waals surface area contributed by atoms with Crippen LogP contribution < -0.4 is 19.5 Å². The fraction of sp³-hybridized carbons (Fsp3) is 0.500. The van der Waals surface area contributed by atoms with Gasteiger partial charge < -0.3 is 24.4 Å². The first-order chi connectivity index (χ1) is 16.7. The molecule has 0 bridgehead atoms. The normalized spacial score (nSPS) is 17.4. The minimum absolute atomic E-state index is 0.00423. The average molecular weight is 478 g/mol. The zero-order valence-corrected chi connectivity index (χ0v) is 21.3. The lowest BCUT2D eigenvalue weighted by molar-refractivity contribution is 0.0943. The van der Waals surface area contributed by atoms with Gasteiger partial charge in [0.2, 0.25) is 0 Å². The number of hydrogen-bond donors (Lipinski definition) is 2. The van der Waals surface area contributed by atoms with Crippen molar-refractivity contribution in [2.75, 3.05) is 38.2 Å². The maximum Gasteiger partial charge on any atom is 0.182 e. The molecule has 1 fully saturated rings. The summed E-state index contributed by atoms with van der Waals surface area (Å²) in [5, 5.41) is 12.4. The molecule has 1 spiro atoms. The molecule has 7 heteroatoms. The van der Waals surface area contributed by atoms with Crippen LogP contribution in [0.2, 0.25) is 0 Å². The van der Waals surface area contributed by atoms with Crippen molar-refractivity contribution < 1.29 is 19.0 Å². The van der Waals surface area contributed by atoms with E-state index in [4.69, 9.17) is 19.6 Å². The van der Waals surface area contributed by atoms with Crippen molar-refractivity contribution in [1.29, 1.82) is 5.41 Å². The van der Waals surface area contributed by atoms with Gasteiger partial charge in [0.05, 0.1) is 31.0 Å². The maximum atomic E-state index is 13.7. The zero-order chi connectivity index (χ0) is 25.0. The number of amidine groups is 1. The molecule has 2 N–H and O–H groups in total. The van der Waals surface area contributed by atoms with E-state index in [1.54, 1.807) is 0 Å². The highest BCUT2D eigenvalue weighted by atomic mass is 16.5. The number of nitrogens with one attached hydrogen (secondary N) is 2. The van der Waals surface area contributed by atoms with E-state index in [0.717, 1.165) is 41.0 Å². The molecule has 0 saturated heterocycles. The number of carbonyl (C=O) groups is 1. The van der Waals surface area contributed by atoms with Crippen LogP contribution in [0, 0.1) is 5.41 Å². The quantitative estimate of drug-likeness (QED) is 0.540. The van der Waals surface area contributed by atoms with Gasteiger partial charge in [-0.25, -0.2) is 0 Å². The number of carbonyl (C=O) groups excluding carboxylic acids is 1. The first-order valence-corrected chi connectivity index (χ1v) is 12.6. The lowest BCUT2D eigenvalue weighted by Crippen LogP contribution is -2.38. The lowest BCUT2D eigenvalue weighted by Gasteiger charge is -2.30. The molecule has 2 aromatic carbocycles. The molecule has 2 aromatic rings. The average Bonchev–Trinajstić information content (AvgIpc) is 3.59. The molecule has 0 unspecified atom stereocenters. The molecule has 2 heterocycles. The van der Waals surface area contributed by atoms with E-state index in [9.17, 15) is 4.79 Å². The smallest absolute Gasteiger partial charge is 0.182 e. The maximum absolute atomic E-state index is 13.7. The summed E-state index contributed by atoms with van der Waals surface area (Å²) in [4.78, 5) is 15.6. The van der Waals surface area contributed by atoms with Crippen molar-refractivity contribution in [1.82, 2.24) is 4.90 Å². The van der Waals surface area contributed by atoms with E-state index >= 15 is 0 Å². The third-order valence-electron chi connectivity index (χ3n) is 7.13. The molecule has 1 aliphatic carbocycles. The number of rotatable bonds is 7. The number of benzene rings is 2. The Morgan fingerprint density at radius 3 is 2.43 bits per heavy atom. The number of Topliss-reactive ketones (excluding diaryl/α,β-unsaturated/α-hetero) is 1. The Morgan fingerprint density at radius 2 is 1.80 bits per heavy atom. The highest BCUT2D eigenvalue weighted by molar-refractivity contribution is 6.07. The van der Waals surface area contributed by atoms with Gasteiger partial charge in [-0.1, -0.05) is 20.8 Å². The summed E-state index contributed by atoms with van der Waals surface area (Å²) in [6.07, 6.45) is 1.84. The summed E-state index contributed by atoms with van der Waals surface area (Å²) < 4.78 is 17.6. The summed E-state index contributed by atoms with van der Waals surface area (Å²) in [5.41, 5.74) is 3.97. The summed E-state index contributed by atoms with van der Waals surface area (Å²) in [6.45, 7) is 12.8. The summed E-state index contributed by atoms with van der Waals surface area (Å²) in [7, 11) is 0. The molecule has 0 atom stereocenters. The molecule has 186 valence electrons. The molecule has 0 amide bonds. The second kappa shape index (κ2) is 8.47. The Kier molecular flexibility index (Phi) is 5.69. The van der Waals surface area contributed by atoms with Crippen LogP contribution in [0.1, 0.15) is 74.5 Å². The monoisotopic (exact) mass is 477 g/mol. The zero-order valence-electron chi connectivity index (χ0n) is 21.3. The van der Waals surface area contributed by atoms with E-state index in [1.165, 1.54) is 0 Å². The van der Waals surface area contributed by atoms with Gasteiger partial charge in [0.25, 0.3) is 0 Å². The van der Waals surface area contributed by atoms with Crippen molar-refractivity contribution in [2.45, 2.75) is 58.4 Å². The highest BCUT2D eigenvalue weighted by Gasteiger charge is 2.57. The Bertz CT molecular complexity index is 1190. The molecule has 7 nitrogen and oxygen atoms in total. The van der Waals surface area contributed by atoms with Crippen molar-refractivity contribution >= 4 is 17.3 Å². The van der Waals surface area contributed by atoms with Crippen LogP contribution in [0.5, 0.6) is 17.2 Å². The van der Waals surface area contributed by atoms with Gasteiger partial charge in [0.15, 0.2) is 17.3 Å². The van der Waals surface area contributed by atoms with Crippen LogP contribution in [-0.2, 0) is 11.0 Å². The van der Waals surface area contributed by atoms with Gasteiger partial charge in [-0.2, -0.15) is 0 Å². The van der Waals surface area contributed by atoms with Crippen LogP contribution in [-0.4, -0.2) is 49.4 Å². The molecular formula is C28H35N3O4. The van der Waals surface area contributed by atoms with E-state index < -0.39 is 0 Å². The SMILES string of the molecule is CCOc1cc2c(cc1OCC)C1(CC1)N(CC(=O)c1cc3c(c(C(C)(C)C)c1)OCCN3)C2=N. The summed E-state index contributed by atoms with van der Waals surface area (Å²) in [5.74, 6) is 2.58. The van der Waals surface area contributed by atoms with E-state index in [1.807, 2.05) is 43.0 Å². The third-order valence-corrected chi connectivity index (χ3v) is 7.13. The molecule has 0 radical (unpaired) electrons. The molecule has 5 rings (SSSR count). The Balaban J connectivity index is 1.48. The second-order valence-electron chi connectivity index (χ2n) is 10.5. The fourth-order valence-electron chi connectivity index (χ4n) is 5.28. The van der Waals surface area contributed by atoms with Gasteiger partial charge >= 0.3 is 0 Å². The summed E-state index contributed by atoms with van der Waals surface area (Å²) >= 11 is 0. The lowest BCUT2D eigenvalue weighted by atomic mass is 9.84. The number of ether oxygens (including phenoxy) is 3. The first kappa shape index (κ1) is 23.5. The molecule has 0 aromatic heterocycles. The van der Waals surface area contributed by atoms with Crippen LogP contribution in [0.25, 0.3) is 0 Å². The van der Waals surface area contributed by atoms with Crippen molar-refractivity contribution in [3.63, 3.8) is 0 Å². The Hall–Kier alpha value is -3.22. The van der Waals surface area contributed by atoms with Crippen molar-refractivity contribution in [3.8, 4) is 17.2 Å². The highest BCUT2D eigenvalue weighted by Crippen LogP contribution is 2.58. The van der Waals surface area contributed by atoms with Crippen LogP contribution in [0.4, 0.5) is 5.69 Å².